The van der Waals surface area contributed by atoms with Gasteiger partial charge in [-0.15, -0.1) is 0 Å². The zero-order valence-electron chi connectivity index (χ0n) is 11.2. The van der Waals surface area contributed by atoms with E-state index in [0.717, 1.165) is 18.2 Å². The highest BCUT2D eigenvalue weighted by Gasteiger charge is 2.30. The maximum Gasteiger partial charge on any atom is 0.416 e. The van der Waals surface area contributed by atoms with Crippen LogP contribution in [0.15, 0.2) is 35.1 Å². The fourth-order valence-corrected chi connectivity index (χ4v) is 1.78. The van der Waals surface area contributed by atoms with Gasteiger partial charge in [-0.3, -0.25) is 0 Å². The minimum absolute atomic E-state index is 0.107. The van der Waals surface area contributed by atoms with E-state index < -0.39 is 28.5 Å². The van der Waals surface area contributed by atoms with Gasteiger partial charge in [0.15, 0.2) is 0 Å². The van der Waals surface area contributed by atoms with Crippen molar-refractivity contribution >= 4 is 23.8 Å². The molecule has 9 heteroatoms. The predicted molar refractivity (Wildman–Crippen MR) is 75.0 cm³/mol. The second kappa shape index (κ2) is 6.11. The van der Waals surface area contributed by atoms with E-state index in [2.05, 4.69) is 4.98 Å². The molecule has 0 unspecified atom stereocenters. The SMILES string of the molecule is O=c1nc(C=Cc2ccc(C(F)(F)F)cc2)cc(C(F)(F)Cl)[nH]1. The number of aromatic amines is 1. The molecule has 0 radical (unpaired) electrons. The van der Waals surface area contributed by atoms with Gasteiger partial charge >= 0.3 is 17.2 Å². The monoisotopic (exact) mass is 350 g/mol. The zero-order chi connectivity index (χ0) is 17.3. The van der Waals surface area contributed by atoms with Crippen LogP contribution < -0.4 is 5.69 Å². The third-order valence-corrected chi connectivity index (χ3v) is 2.96. The molecule has 2 aromatic rings. The Hall–Kier alpha value is -2.22. The highest BCUT2D eigenvalue weighted by molar-refractivity contribution is 6.21. The Bertz CT molecular complexity index is 775. The van der Waals surface area contributed by atoms with Crippen molar-refractivity contribution in [1.82, 2.24) is 9.97 Å². The fraction of sp³-hybridized carbons (Fsp3) is 0.143. The summed E-state index contributed by atoms with van der Waals surface area (Å²) in [5.41, 5.74) is -2.39. The quantitative estimate of drug-likeness (QED) is 0.664. The normalized spacial score (nSPS) is 12.8. The first-order chi connectivity index (χ1) is 10.6. The first kappa shape index (κ1) is 17.1. The Morgan fingerprint density at radius 2 is 1.65 bits per heavy atom. The highest BCUT2D eigenvalue weighted by Crippen LogP contribution is 2.31. The molecule has 0 spiro atoms. The van der Waals surface area contributed by atoms with Crippen LogP contribution in [0.1, 0.15) is 22.5 Å². The summed E-state index contributed by atoms with van der Waals surface area (Å²) in [5.74, 6) is 0. The van der Waals surface area contributed by atoms with Crippen molar-refractivity contribution in [1.29, 1.82) is 0 Å². The van der Waals surface area contributed by atoms with Crippen molar-refractivity contribution in [3.63, 3.8) is 0 Å². The number of hydrogen-bond acceptors (Lipinski definition) is 2. The van der Waals surface area contributed by atoms with Gasteiger partial charge in [0.05, 0.1) is 11.3 Å². The van der Waals surface area contributed by atoms with Gasteiger partial charge in [-0.1, -0.05) is 18.2 Å². The van der Waals surface area contributed by atoms with Gasteiger partial charge in [-0.25, -0.2) is 4.79 Å². The van der Waals surface area contributed by atoms with Crippen LogP contribution in [-0.2, 0) is 11.6 Å². The molecule has 3 nitrogen and oxygen atoms in total. The van der Waals surface area contributed by atoms with E-state index in [1.165, 1.54) is 24.3 Å². The molecule has 1 N–H and O–H groups in total. The Morgan fingerprint density at radius 1 is 1.04 bits per heavy atom. The number of nitrogens with one attached hydrogen (secondary N) is 1. The van der Waals surface area contributed by atoms with Crippen molar-refractivity contribution in [2.75, 3.05) is 0 Å². The standard InChI is InChI=1S/C14H8ClF5N2O/c15-13(16,17)11-7-10(21-12(23)22-11)6-3-8-1-4-9(5-2-8)14(18,19)20/h1-7H,(H,21,22,23). The molecule has 1 heterocycles. The Balaban J connectivity index is 2.27. The average molecular weight is 351 g/mol. The van der Waals surface area contributed by atoms with Crippen molar-refractivity contribution < 1.29 is 22.0 Å². The number of hydrogen-bond donors (Lipinski definition) is 1. The summed E-state index contributed by atoms with van der Waals surface area (Å²) in [5, 5.41) is -3.76. The first-order valence-corrected chi connectivity index (χ1v) is 6.47. The molecule has 122 valence electrons. The van der Waals surface area contributed by atoms with Crippen molar-refractivity contribution in [3.05, 3.63) is 63.3 Å². The molecule has 1 aromatic carbocycles. The lowest BCUT2D eigenvalue weighted by molar-refractivity contribution is -0.137. The predicted octanol–water partition coefficient (Wildman–Crippen LogP) is 4.25. The Morgan fingerprint density at radius 3 is 2.17 bits per heavy atom. The maximum absolute atomic E-state index is 13.0. The van der Waals surface area contributed by atoms with E-state index in [4.69, 9.17) is 11.6 Å². The molecule has 0 bridgehead atoms. The van der Waals surface area contributed by atoms with Gasteiger partial charge in [-0.2, -0.15) is 26.9 Å². The second-order valence-corrected chi connectivity index (χ2v) is 4.95. The van der Waals surface area contributed by atoms with Crippen LogP contribution in [-0.4, -0.2) is 9.97 Å². The fourth-order valence-electron chi connectivity index (χ4n) is 1.68. The molecule has 1 aromatic heterocycles. The van der Waals surface area contributed by atoms with Gasteiger partial charge in [-0.05, 0) is 41.4 Å². The van der Waals surface area contributed by atoms with E-state index >= 15 is 0 Å². The van der Waals surface area contributed by atoms with E-state index in [0.29, 0.717) is 5.56 Å². The lowest BCUT2D eigenvalue weighted by atomic mass is 10.1. The summed E-state index contributed by atoms with van der Waals surface area (Å²) in [6, 6.07) is 5.02. The van der Waals surface area contributed by atoms with Crippen LogP contribution in [0.25, 0.3) is 12.2 Å². The van der Waals surface area contributed by atoms with Crippen LogP contribution in [0.2, 0.25) is 0 Å². The van der Waals surface area contributed by atoms with Crippen LogP contribution >= 0.6 is 11.6 Å². The number of halogens is 6. The smallest absolute Gasteiger partial charge is 0.303 e. The van der Waals surface area contributed by atoms with Gasteiger partial charge in [0.1, 0.15) is 5.69 Å². The van der Waals surface area contributed by atoms with E-state index in [-0.39, 0.29) is 5.69 Å². The largest absolute Gasteiger partial charge is 0.416 e. The molecule has 0 aliphatic heterocycles. The number of H-pyrrole nitrogens is 1. The number of aromatic nitrogens is 2. The summed E-state index contributed by atoms with van der Waals surface area (Å²) in [6.07, 6.45) is -1.90. The number of alkyl halides is 6. The maximum atomic E-state index is 13.0. The van der Waals surface area contributed by atoms with Crippen LogP contribution in [0.5, 0.6) is 0 Å². The zero-order valence-corrected chi connectivity index (χ0v) is 11.9. The van der Waals surface area contributed by atoms with Crippen molar-refractivity contribution in [3.8, 4) is 0 Å². The average Bonchev–Trinajstić information content (AvgIpc) is 2.43. The van der Waals surface area contributed by atoms with E-state index in [9.17, 15) is 26.7 Å². The minimum atomic E-state index is -4.45. The van der Waals surface area contributed by atoms with E-state index in [1.807, 2.05) is 0 Å². The topological polar surface area (TPSA) is 45.8 Å². The molecule has 0 saturated carbocycles. The van der Waals surface area contributed by atoms with Crippen LogP contribution in [0.3, 0.4) is 0 Å². The molecule has 0 aliphatic carbocycles. The molecule has 0 atom stereocenters. The molecule has 0 fully saturated rings. The molecule has 0 saturated heterocycles. The molecule has 2 rings (SSSR count). The number of rotatable bonds is 3. The summed E-state index contributed by atoms with van der Waals surface area (Å²) in [6.45, 7) is 0. The van der Waals surface area contributed by atoms with E-state index in [1.54, 1.807) is 4.98 Å². The second-order valence-electron chi connectivity index (χ2n) is 4.48. The third-order valence-electron chi connectivity index (χ3n) is 2.75. The molecule has 23 heavy (non-hydrogen) atoms. The van der Waals surface area contributed by atoms with Gasteiger partial charge < -0.3 is 4.98 Å². The van der Waals surface area contributed by atoms with Crippen molar-refractivity contribution in [2.45, 2.75) is 11.6 Å². The number of nitrogens with zero attached hydrogens (tertiary/aromatic N) is 1. The van der Waals surface area contributed by atoms with Gasteiger partial charge in [0.2, 0.25) is 0 Å². The lowest BCUT2D eigenvalue weighted by Crippen LogP contribution is -2.18. The number of benzene rings is 1. The first-order valence-electron chi connectivity index (χ1n) is 6.09. The summed E-state index contributed by atoms with van der Waals surface area (Å²) in [7, 11) is 0. The van der Waals surface area contributed by atoms with Gasteiger partial charge in [0, 0.05) is 0 Å². The third kappa shape index (κ3) is 4.62. The van der Waals surface area contributed by atoms with Crippen LogP contribution in [0.4, 0.5) is 22.0 Å². The molecule has 0 amide bonds. The Kier molecular flexibility index (Phi) is 4.56. The molecular formula is C14H8ClF5N2O. The molecular weight excluding hydrogens is 343 g/mol. The molecule has 0 aliphatic rings. The summed E-state index contributed by atoms with van der Waals surface area (Å²) < 4.78 is 63.2. The minimum Gasteiger partial charge on any atom is -0.303 e. The summed E-state index contributed by atoms with van der Waals surface area (Å²) >= 11 is 4.82. The van der Waals surface area contributed by atoms with Crippen LogP contribution in [0, 0.1) is 0 Å². The lowest BCUT2D eigenvalue weighted by Gasteiger charge is -2.07. The van der Waals surface area contributed by atoms with Crippen molar-refractivity contribution in [2.24, 2.45) is 0 Å². The Labute approximate surface area is 131 Å². The van der Waals surface area contributed by atoms with Gasteiger partial charge in [0.25, 0.3) is 0 Å². The highest BCUT2D eigenvalue weighted by atomic mass is 35.5. The summed E-state index contributed by atoms with van der Waals surface area (Å²) in [4.78, 5) is 16.5.